The molecule has 5 nitrogen and oxygen atoms in total. The Bertz CT molecular complexity index is 1020. The quantitative estimate of drug-likeness (QED) is 0.792. The van der Waals surface area contributed by atoms with E-state index in [0.717, 1.165) is 24.6 Å². The van der Waals surface area contributed by atoms with Crippen LogP contribution >= 0.6 is 0 Å². The van der Waals surface area contributed by atoms with Crippen molar-refractivity contribution in [1.29, 1.82) is 0 Å². The maximum atomic E-state index is 12.9. The highest BCUT2D eigenvalue weighted by molar-refractivity contribution is 5.88. The highest BCUT2D eigenvalue weighted by atomic mass is 16.2. The number of hydrogen-bond acceptors (Lipinski definition) is 3. The molecule has 1 atom stereocenters. The van der Waals surface area contributed by atoms with Crippen molar-refractivity contribution in [3.63, 3.8) is 0 Å². The number of benzene rings is 2. The summed E-state index contributed by atoms with van der Waals surface area (Å²) in [6.07, 6.45) is 3.30. The Morgan fingerprint density at radius 2 is 1.88 bits per heavy atom. The lowest BCUT2D eigenvalue weighted by Gasteiger charge is -2.33. The van der Waals surface area contributed by atoms with Crippen LogP contribution in [0.3, 0.4) is 0 Å². The minimum atomic E-state index is -0.230. The smallest absolute Gasteiger partial charge is 0.272 e. The van der Waals surface area contributed by atoms with Crippen molar-refractivity contribution in [3.8, 4) is 0 Å². The molecule has 1 aliphatic carbocycles. The molecule has 0 aliphatic heterocycles. The summed E-state index contributed by atoms with van der Waals surface area (Å²) in [7, 11) is 1.86. The van der Waals surface area contributed by atoms with Crippen LogP contribution < -0.4 is 5.56 Å². The second-order valence-corrected chi connectivity index (χ2v) is 6.83. The predicted octanol–water partition coefficient (Wildman–Crippen LogP) is 3.00. The van der Waals surface area contributed by atoms with E-state index in [9.17, 15) is 9.59 Å². The van der Waals surface area contributed by atoms with Gasteiger partial charge in [0, 0.05) is 12.4 Å². The van der Waals surface area contributed by atoms with Gasteiger partial charge in [0.25, 0.3) is 5.56 Å². The molecule has 1 aromatic heterocycles. The number of amides is 1. The van der Waals surface area contributed by atoms with Gasteiger partial charge in [0.05, 0.1) is 23.5 Å². The van der Waals surface area contributed by atoms with Crippen LogP contribution in [0, 0.1) is 0 Å². The molecule has 26 heavy (non-hydrogen) atoms. The highest BCUT2D eigenvalue weighted by Crippen LogP contribution is 2.33. The maximum absolute atomic E-state index is 12.9. The lowest BCUT2D eigenvalue weighted by Crippen LogP contribution is -2.34. The van der Waals surface area contributed by atoms with Crippen LogP contribution in [0.25, 0.3) is 10.8 Å². The SMILES string of the molecule is CN(C(=O)Cc1n[nH]c(=O)c2ccccc12)[C@H]1CCCc2ccccc21. The number of likely N-dealkylation sites (N-methyl/N-ethyl adjacent to an activating group) is 1. The van der Waals surface area contributed by atoms with Crippen LogP contribution in [-0.2, 0) is 17.6 Å². The second-order valence-electron chi connectivity index (χ2n) is 6.83. The summed E-state index contributed by atoms with van der Waals surface area (Å²) >= 11 is 0. The number of fused-ring (bicyclic) bond motifs is 2. The van der Waals surface area contributed by atoms with Gasteiger partial charge in [-0.25, -0.2) is 5.10 Å². The van der Waals surface area contributed by atoms with Crippen molar-refractivity contribution in [2.24, 2.45) is 0 Å². The van der Waals surface area contributed by atoms with Crippen molar-refractivity contribution in [1.82, 2.24) is 15.1 Å². The van der Waals surface area contributed by atoms with E-state index in [1.165, 1.54) is 11.1 Å². The van der Waals surface area contributed by atoms with Gasteiger partial charge in [-0.05, 0) is 36.5 Å². The van der Waals surface area contributed by atoms with Crippen molar-refractivity contribution in [3.05, 3.63) is 75.7 Å². The number of aromatic nitrogens is 2. The van der Waals surface area contributed by atoms with E-state index in [-0.39, 0.29) is 23.9 Å². The zero-order valence-corrected chi connectivity index (χ0v) is 14.7. The van der Waals surface area contributed by atoms with Crippen molar-refractivity contribution < 1.29 is 4.79 Å². The van der Waals surface area contributed by atoms with Crippen LogP contribution in [0.15, 0.2) is 53.3 Å². The number of H-pyrrole nitrogens is 1. The van der Waals surface area contributed by atoms with Crippen molar-refractivity contribution in [2.45, 2.75) is 31.7 Å². The third kappa shape index (κ3) is 2.90. The summed E-state index contributed by atoms with van der Waals surface area (Å²) in [6, 6.07) is 15.7. The molecule has 0 spiro atoms. The monoisotopic (exact) mass is 347 g/mol. The van der Waals surface area contributed by atoms with E-state index >= 15 is 0 Å². The molecule has 0 bridgehead atoms. The summed E-state index contributed by atoms with van der Waals surface area (Å²) in [6.45, 7) is 0. The summed E-state index contributed by atoms with van der Waals surface area (Å²) in [4.78, 5) is 26.7. The Labute approximate surface area is 151 Å². The van der Waals surface area contributed by atoms with E-state index in [1.807, 2.05) is 36.2 Å². The standard InChI is InChI=1S/C21H21N3O2/c1-24(19-12-6-8-14-7-2-3-9-15(14)19)20(25)13-18-16-10-4-5-11-17(16)21(26)23-22-18/h2-5,7,9-11,19H,6,8,12-13H2,1H3,(H,23,26)/t19-/m0/s1. The average Bonchev–Trinajstić information content (AvgIpc) is 2.69. The van der Waals surface area contributed by atoms with E-state index in [0.29, 0.717) is 11.1 Å². The Balaban J connectivity index is 1.62. The number of hydrogen-bond donors (Lipinski definition) is 1. The van der Waals surface area contributed by atoms with Crippen LogP contribution in [0.4, 0.5) is 0 Å². The van der Waals surface area contributed by atoms with Crippen molar-refractivity contribution in [2.75, 3.05) is 7.05 Å². The number of aromatic amines is 1. The van der Waals surface area contributed by atoms with Gasteiger partial charge >= 0.3 is 0 Å². The molecule has 2 aromatic carbocycles. The van der Waals surface area contributed by atoms with Crippen LogP contribution in [-0.4, -0.2) is 28.1 Å². The predicted molar refractivity (Wildman–Crippen MR) is 101 cm³/mol. The summed E-state index contributed by atoms with van der Waals surface area (Å²) in [5.41, 5.74) is 2.96. The minimum Gasteiger partial charge on any atom is -0.338 e. The van der Waals surface area contributed by atoms with E-state index < -0.39 is 0 Å². The van der Waals surface area contributed by atoms with Gasteiger partial charge in [0.2, 0.25) is 5.91 Å². The first-order valence-electron chi connectivity index (χ1n) is 8.95. The van der Waals surface area contributed by atoms with Gasteiger partial charge < -0.3 is 4.90 Å². The first-order valence-corrected chi connectivity index (χ1v) is 8.95. The molecule has 1 N–H and O–H groups in total. The largest absolute Gasteiger partial charge is 0.338 e. The van der Waals surface area contributed by atoms with Gasteiger partial charge in [0.15, 0.2) is 0 Å². The molecule has 0 saturated heterocycles. The van der Waals surface area contributed by atoms with Gasteiger partial charge in [-0.3, -0.25) is 9.59 Å². The van der Waals surface area contributed by atoms with Gasteiger partial charge in [-0.15, -0.1) is 0 Å². The van der Waals surface area contributed by atoms with Gasteiger partial charge in [0.1, 0.15) is 0 Å². The molecular weight excluding hydrogens is 326 g/mol. The Morgan fingerprint density at radius 1 is 1.15 bits per heavy atom. The Hall–Kier alpha value is -2.95. The number of aryl methyl sites for hydroxylation is 1. The third-order valence-corrected chi connectivity index (χ3v) is 5.29. The third-order valence-electron chi connectivity index (χ3n) is 5.29. The number of nitrogens with one attached hydrogen (secondary N) is 1. The fraction of sp³-hybridized carbons (Fsp3) is 0.286. The molecule has 1 heterocycles. The Morgan fingerprint density at radius 3 is 2.73 bits per heavy atom. The second kappa shape index (κ2) is 6.75. The summed E-state index contributed by atoms with van der Waals surface area (Å²) in [5.74, 6) is 0.0106. The molecule has 0 saturated carbocycles. The molecule has 0 unspecified atom stereocenters. The molecule has 4 rings (SSSR count). The normalized spacial score (nSPS) is 16.3. The number of carbonyl (C=O) groups is 1. The first kappa shape index (κ1) is 16.5. The molecule has 5 heteroatoms. The topological polar surface area (TPSA) is 66.1 Å². The molecule has 0 radical (unpaired) electrons. The van der Waals surface area contributed by atoms with Crippen LogP contribution in [0.2, 0.25) is 0 Å². The lowest BCUT2D eigenvalue weighted by molar-refractivity contribution is -0.131. The molecule has 0 fully saturated rings. The van der Waals surface area contributed by atoms with Crippen molar-refractivity contribution >= 4 is 16.7 Å². The lowest BCUT2D eigenvalue weighted by atomic mass is 9.87. The fourth-order valence-electron chi connectivity index (χ4n) is 3.88. The number of rotatable bonds is 3. The highest BCUT2D eigenvalue weighted by Gasteiger charge is 2.27. The van der Waals surface area contributed by atoms with E-state index in [2.05, 4.69) is 28.4 Å². The number of carbonyl (C=O) groups excluding carboxylic acids is 1. The first-order chi connectivity index (χ1) is 12.6. The van der Waals surface area contributed by atoms with Gasteiger partial charge in [-0.2, -0.15) is 5.10 Å². The van der Waals surface area contributed by atoms with E-state index in [1.54, 1.807) is 6.07 Å². The maximum Gasteiger partial charge on any atom is 0.272 e. The van der Waals surface area contributed by atoms with Crippen LogP contribution in [0.1, 0.15) is 35.7 Å². The van der Waals surface area contributed by atoms with E-state index in [4.69, 9.17) is 0 Å². The number of nitrogens with zero attached hydrogens (tertiary/aromatic N) is 2. The summed E-state index contributed by atoms with van der Waals surface area (Å²) < 4.78 is 0. The molecule has 132 valence electrons. The Kier molecular flexibility index (Phi) is 4.29. The average molecular weight is 347 g/mol. The van der Waals surface area contributed by atoms with Crippen LogP contribution in [0.5, 0.6) is 0 Å². The molecule has 3 aromatic rings. The fourth-order valence-corrected chi connectivity index (χ4v) is 3.88. The minimum absolute atomic E-state index is 0.0106. The zero-order valence-electron chi connectivity index (χ0n) is 14.7. The van der Waals surface area contributed by atoms with Gasteiger partial charge in [-0.1, -0.05) is 42.5 Å². The summed E-state index contributed by atoms with van der Waals surface area (Å²) in [5, 5.41) is 7.94. The molecule has 1 amide bonds. The molecule has 1 aliphatic rings. The molecular formula is C21H21N3O2. The zero-order chi connectivity index (χ0) is 18.1.